The number of rotatable bonds is 29. The van der Waals surface area contributed by atoms with Gasteiger partial charge >= 0.3 is 11.9 Å². The number of ether oxygens (including phenoxy) is 2. The van der Waals surface area contributed by atoms with E-state index < -0.39 is 6.10 Å². The van der Waals surface area contributed by atoms with Crippen molar-refractivity contribution in [3.63, 3.8) is 0 Å². The molecule has 4 nitrogen and oxygen atoms in total. The van der Waals surface area contributed by atoms with Crippen LogP contribution in [0.4, 0.5) is 0 Å². The van der Waals surface area contributed by atoms with E-state index in [2.05, 4.69) is 111 Å². The number of hydrogen-bond acceptors (Lipinski definition) is 4. The van der Waals surface area contributed by atoms with Crippen LogP contribution in [-0.2, 0) is 19.1 Å². The van der Waals surface area contributed by atoms with E-state index in [0.29, 0.717) is 12.8 Å². The lowest BCUT2D eigenvalue weighted by Gasteiger charge is -2.13. The molecular formula is C41H64O4. The van der Waals surface area contributed by atoms with Crippen LogP contribution in [0.1, 0.15) is 136 Å². The minimum atomic E-state index is -0.428. The summed E-state index contributed by atoms with van der Waals surface area (Å²) in [6.45, 7) is 6.25. The van der Waals surface area contributed by atoms with Crippen molar-refractivity contribution in [2.75, 3.05) is 6.61 Å². The standard InChI is InChI=1S/C41H64O4/c1-4-6-8-10-12-14-16-18-20-21-23-25-27-29-31-33-35-37-41(43)45-39(3)38-44-40(42)36-34-32-30-28-26-24-22-19-17-15-13-11-9-7-5-2/h6,8,12-15,18-20,22-23,25-26,28-29,31,39H,4-5,7,9-11,16-17,21,24,27,30,32-38H2,1-3H3/b8-6-,14-12-,15-13-,20-18-,22-19-,25-23-,28-26-,31-29-. The molecule has 0 spiro atoms. The smallest absolute Gasteiger partial charge is 0.306 e. The fourth-order valence-corrected chi connectivity index (χ4v) is 4.15. The molecule has 0 saturated carbocycles. The van der Waals surface area contributed by atoms with Crippen molar-refractivity contribution in [1.29, 1.82) is 0 Å². The summed E-state index contributed by atoms with van der Waals surface area (Å²) in [6, 6.07) is 0. The number of allylic oxidation sites excluding steroid dienone is 16. The molecule has 4 heteroatoms. The van der Waals surface area contributed by atoms with Gasteiger partial charge in [0.05, 0.1) is 0 Å². The molecule has 0 aliphatic carbocycles. The molecule has 0 amide bonds. The molecule has 0 aliphatic rings. The van der Waals surface area contributed by atoms with Crippen LogP contribution in [0.25, 0.3) is 0 Å². The van der Waals surface area contributed by atoms with Crippen LogP contribution in [-0.4, -0.2) is 24.6 Å². The van der Waals surface area contributed by atoms with E-state index in [-0.39, 0.29) is 18.5 Å². The Morgan fingerprint density at radius 1 is 0.489 bits per heavy atom. The van der Waals surface area contributed by atoms with E-state index in [1.807, 2.05) is 0 Å². The quantitative estimate of drug-likeness (QED) is 0.0474. The van der Waals surface area contributed by atoms with Gasteiger partial charge in [0, 0.05) is 12.8 Å². The van der Waals surface area contributed by atoms with E-state index in [4.69, 9.17) is 9.47 Å². The molecule has 0 saturated heterocycles. The van der Waals surface area contributed by atoms with Gasteiger partial charge in [0.25, 0.3) is 0 Å². The molecule has 252 valence electrons. The van der Waals surface area contributed by atoms with Crippen LogP contribution < -0.4 is 0 Å². The van der Waals surface area contributed by atoms with Crippen molar-refractivity contribution in [1.82, 2.24) is 0 Å². The molecule has 0 aromatic rings. The summed E-state index contributed by atoms with van der Waals surface area (Å²) >= 11 is 0. The monoisotopic (exact) mass is 620 g/mol. The number of carbonyl (C=O) groups excluding carboxylic acids is 2. The van der Waals surface area contributed by atoms with E-state index in [1.165, 1.54) is 25.7 Å². The molecule has 0 aromatic heterocycles. The molecule has 0 radical (unpaired) electrons. The van der Waals surface area contributed by atoms with Crippen LogP contribution >= 0.6 is 0 Å². The van der Waals surface area contributed by atoms with Crippen LogP contribution in [0.15, 0.2) is 97.2 Å². The van der Waals surface area contributed by atoms with Crippen LogP contribution in [0, 0.1) is 0 Å². The largest absolute Gasteiger partial charge is 0.462 e. The van der Waals surface area contributed by atoms with Gasteiger partial charge in [-0.3, -0.25) is 9.59 Å². The predicted octanol–water partition coefficient (Wildman–Crippen LogP) is 12.0. The third kappa shape index (κ3) is 35.2. The summed E-state index contributed by atoms with van der Waals surface area (Å²) in [4.78, 5) is 24.1. The van der Waals surface area contributed by atoms with E-state index in [1.54, 1.807) is 6.92 Å². The third-order valence-corrected chi connectivity index (χ3v) is 6.74. The molecule has 45 heavy (non-hydrogen) atoms. The van der Waals surface area contributed by atoms with Gasteiger partial charge in [-0.1, -0.05) is 124 Å². The minimum Gasteiger partial charge on any atom is -0.462 e. The Hall–Kier alpha value is -3.14. The van der Waals surface area contributed by atoms with Crippen LogP contribution in [0.3, 0.4) is 0 Å². The van der Waals surface area contributed by atoms with Crippen molar-refractivity contribution in [3.8, 4) is 0 Å². The second-order valence-corrected chi connectivity index (χ2v) is 11.2. The summed E-state index contributed by atoms with van der Waals surface area (Å²) in [5.74, 6) is -0.475. The molecule has 0 fully saturated rings. The molecule has 0 N–H and O–H groups in total. The first kappa shape index (κ1) is 41.9. The zero-order valence-electron chi connectivity index (χ0n) is 28.9. The topological polar surface area (TPSA) is 52.6 Å². The van der Waals surface area contributed by atoms with E-state index in [9.17, 15) is 9.59 Å². The van der Waals surface area contributed by atoms with Gasteiger partial charge < -0.3 is 9.47 Å². The molecule has 0 heterocycles. The zero-order chi connectivity index (χ0) is 32.9. The van der Waals surface area contributed by atoms with Crippen molar-refractivity contribution in [2.24, 2.45) is 0 Å². The lowest BCUT2D eigenvalue weighted by Crippen LogP contribution is -2.22. The first-order valence-corrected chi connectivity index (χ1v) is 17.6. The second kappa shape index (κ2) is 35.3. The van der Waals surface area contributed by atoms with Crippen molar-refractivity contribution < 1.29 is 19.1 Å². The van der Waals surface area contributed by atoms with Gasteiger partial charge in [0.1, 0.15) is 12.7 Å². The van der Waals surface area contributed by atoms with E-state index in [0.717, 1.165) is 77.0 Å². The molecule has 1 atom stereocenters. The first-order chi connectivity index (χ1) is 22.1. The Morgan fingerprint density at radius 3 is 1.36 bits per heavy atom. The van der Waals surface area contributed by atoms with Gasteiger partial charge in [0.2, 0.25) is 0 Å². The highest BCUT2D eigenvalue weighted by Crippen LogP contribution is 2.06. The fraction of sp³-hybridized carbons (Fsp3) is 0.561. The number of hydrogen-bond donors (Lipinski definition) is 0. The second-order valence-electron chi connectivity index (χ2n) is 11.2. The number of unbranched alkanes of at least 4 members (excludes halogenated alkanes) is 6. The first-order valence-electron chi connectivity index (χ1n) is 17.6. The Kier molecular flexibility index (Phi) is 32.9. The number of carbonyl (C=O) groups is 2. The van der Waals surface area contributed by atoms with Crippen LogP contribution in [0.2, 0.25) is 0 Å². The highest BCUT2D eigenvalue weighted by Gasteiger charge is 2.11. The summed E-state index contributed by atoms with van der Waals surface area (Å²) in [7, 11) is 0. The molecule has 0 aliphatic heterocycles. The Balaban J connectivity index is 3.69. The SMILES string of the molecule is CC/C=C\C/C=C\C/C=C\C/C=C\C/C=C\CCCC(=O)OC(C)COC(=O)CCCC/C=C\C/C=C\C/C=C\CCCCC. The average Bonchev–Trinajstić information content (AvgIpc) is 3.03. The lowest BCUT2D eigenvalue weighted by molar-refractivity contribution is -0.158. The van der Waals surface area contributed by atoms with Crippen molar-refractivity contribution in [3.05, 3.63) is 97.2 Å². The molecular weight excluding hydrogens is 556 g/mol. The highest BCUT2D eigenvalue weighted by molar-refractivity contribution is 5.70. The van der Waals surface area contributed by atoms with Crippen LogP contribution in [0.5, 0.6) is 0 Å². The maximum Gasteiger partial charge on any atom is 0.306 e. The van der Waals surface area contributed by atoms with E-state index >= 15 is 0 Å². The summed E-state index contributed by atoms with van der Waals surface area (Å²) < 4.78 is 10.7. The normalized spacial score (nSPS) is 13.4. The lowest BCUT2D eigenvalue weighted by atomic mass is 10.1. The Morgan fingerprint density at radius 2 is 0.889 bits per heavy atom. The molecule has 0 rings (SSSR count). The summed E-state index contributed by atoms with van der Waals surface area (Å²) in [6.07, 6.45) is 51.7. The predicted molar refractivity (Wildman–Crippen MR) is 194 cm³/mol. The van der Waals surface area contributed by atoms with Gasteiger partial charge in [-0.15, -0.1) is 0 Å². The third-order valence-electron chi connectivity index (χ3n) is 6.74. The summed E-state index contributed by atoms with van der Waals surface area (Å²) in [5.41, 5.74) is 0. The Bertz CT molecular complexity index is 929. The van der Waals surface area contributed by atoms with Gasteiger partial charge in [-0.05, 0) is 96.8 Å². The minimum absolute atomic E-state index is 0.111. The summed E-state index contributed by atoms with van der Waals surface area (Å²) in [5, 5.41) is 0. The Labute approximate surface area is 276 Å². The van der Waals surface area contributed by atoms with Gasteiger partial charge in [-0.25, -0.2) is 0 Å². The fourth-order valence-electron chi connectivity index (χ4n) is 4.15. The van der Waals surface area contributed by atoms with Gasteiger partial charge in [-0.2, -0.15) is 0 Å². The highest BCUT2D eigenvalue weighted by atomic mass is 16.6. The molecule has 0 aromatic carbocycles. The molecule has 0 bridgehead atoms. The maximum atomic E-state index is 12.1. The molecule has 1 unspecified atom stereocenters. The van der Waals surface area contributed by atoms with Crippen molar-refractivity contribution in [2.45, 2.75) is 142 Å². The van der Waals surface area contributed by atoms with Crippen molar-refractivity contribution >= 4 is 11.9 Å². The maximum absolute atomic E-state index is 12.1. The average molecular weight is 621 g/mol. The zero-order valence-corrected chi connectivity index (χ0v) is 28.9. The number of esters is 2. The van der Waals surface area contributed by atoms with Gasteiger partial charge in [0.15, 0.2) is 0 Å².